The van der Waals surface area contributed by atoms with Crippen LogP contribution in [0.15, 0.2) is 15.0 Å². The number of amides is 2. The number of ether oxygens (including phenoxy) is 2. The van der Waals surface area contributed by atoms with E-state index in [1.165, 1.54) is 6.92 Å². The van der Waals surface area contributed by atoms with Gasteiger partial charge >= 0.3 is 12.1 Å². The van der Waals surface area contributed by atoms with Crippen LogP contribution in [0.1, 0.15) is 84.9 Å². The molecule has 0 saturated carbocycles. The Kier molecular flexibility index (Phi) is 9.55. The number of aryl methyl sites for hydroxylation is 1. The van der Waals surface area contributed by atoms with Crippen LogP contribution in [0.25, 0.3) is 0 Å². The summed E-state index contributed by atoms with van der Waals surface area (Å²) < 4.78 is 17.7. The van der Waals surface area contributed by atoms with Crippen molar-refractivity contribution in [3.05, 3.63) is 22.1 Å². The van der Waals surface area contributed by atoms with Crippen molar-refractivity contribution in [3.8, 4) is 0 Å². The number of halogens is 1. The average molecular weight is 530 g/mol. The van der Waals surface area contributed by atoms with Gasteiger partial charge in [-0.25, -0.2) is 9.69 Å². The Morgan fingerprint density at radius 2 is 1.85 bits per heavy atom. The third kappa shape index (κ3) is 6.59. The Morgan fingerprint density at radius 1 is 1.21 bits per heavy atom. The normalized spacial score (nSPS) is 19.5. The van der Waals surface area contributed by atoms with E-state index < -0.39 is 41.6 Å². The third-order valence-corrected chi connectivity index (χ3v) is 6.58. The van der Waals surface area contributed by atoms with Gasteiger partial charge in [-0.05, 0) is 61.5 Å². The Labute approximate surface area is 204 Å². The van der Waals surface area contributed by atoms with E-state index in [0.29, 0.717) is 17.9 Å². The van der Waals surface area contributed by atoms with Gasteiger partial charge < -0.3 is 19.0 Å². The summed E-state index contributed by atoms with van der Waals surface area (Å²) in [5, 5.41) is 8.90. The lowest BCUT2D eigenvalue weighted by Crippen LogP contribution is -2.50. The molecule has 8 nitrogen and oxygen atoms in total. The molecule has 2 rings (SSSR count). The monoisotopic (exact) mass is 529 g/mol. The van der Waals surface area contributed by atoms with E-state index in [1.54, 1.807) is 26.8 Å². The second-order valence-electron chi connectivity index (χ2n) is 9.49. The molecule has 2 amide bonds. The molecule has 1 aromatic rings. The van der Waals surface area contributed by atoms with Crippen molar-refractivity contribution in [1.82, 2.24) is 4.90 Å². The van der Waals surface area contributed by atoms with Crippen LogP contribution in [-0.2, 0) is 25.5 Å². The molecule has 1 N–H and O–H groups in total. The quantitative estimate of drug-likeness (QED) is 0.311. The number of unbranched alkanes of at least 4 members (excludes halogenated alkanes) is 3. The van der Waals surface area contributed by atoms with Crippen LogP contribution in [-0.4, -0.2) is 46.2 Å². The molecule has 1 aliphatic heterocycles. The van der Waals surface area contributed by atoms with Crippen LogP contribution in [0.5, 0.6) is 0 Å². The fourth-order valence-electron chi connectivity index (χ4n) is 4.51. The number of rotatable bonds is 11. The minimum Gasteiger partial charge on any atom is -0.461 e. The Bertz CT molecular complexity index is 848. The van der Waals surface area contributed by atoms with Gasteiger partial charge in [0, 0.05) is 20.0 Å². The highest BCUT2D eigenvalue weighted by Gasteiger charge is 2.53. The molecule has 186 valence electrons. The summed E-state index contributed by atoms with van der Waals surface area (Å²) in [6.07, 6.45) is 2.52. The zero-order valence-corrected chi connectivity index (χ0v) is 21.9. The van der Waals surface area contributed by atoms with Gasteiger partial charge in [0.2, 0.25) is 5.91 Å². The zero-order chi connectivity index (χ0) is 24.9. The topological polar surface area (TPSA) is 106 Å². The van der Waals surface area contributed by atoms with Crippen molar-refractivity contribution >= 4 is 33.9 Å². The predicted octanol–water partition coefficient (Wildman–Crippen LogP) is 5.16. The third-order valence-electron chi connectivity index (χ3n) is 5.91. The summed E-state index contributed by atoms with van der Waals surface area (Å²) in [4.78, 5) is 39.1. The minimum absolute atomic E-state index is 0.0232. The van der Waals surface area contributed by atoms with Crippen LogP contribution in [0.4, 0.5) is 4.79 Å². The molecular weight excluding hydrogens is 494 g/mol. The van der Waals surface area contributed by atoms with Gasteiger partial charge in [0.15, 0.2) is 6.10 Å². The molecule has 3 unspecified atom stereocenters. The first kappa shape index (κ1) is 27.4. The van der Waals surface area contributed by atoms with E-state index in [9.17, 15) is 14.4 Å². The average Bonchev–Trinajstić information content (AvgIpc) is 3.19. The molecule has 1 aromatic heterocycles. The molecule has 33 heavy (non-hydrogen) atoms. The van der Waals surface area contributed by atoms with Gasteiger partial charge in [0.05, 0.1) is 16.4 Å². The van der Waals surface area contributed by atoms with Gasteiger partial charge in [0.25, 0.3) is 0 Å². The largest absolute Gasteiger partial charge is 0.461 e. The summed E-state index contributed by atoms with van der Waals surface area (Å²) in [5.74, 6) is -0.878. The molecule has 1 fully saturated rings. The number of carbonyl (C=O) groups is 3. The maximum atomic E-state index is 13.5. The van der Waals surface area contributed by atoms with Crippen molar-refractivity contribution in [2.24, 2.45) is 11.8 Å². The number of furan rings is 1. The summed E-state index contributed by atoms with van der Waals surface area (Å²) >= 11 is 3.50. The van der Waals surface area contributed by atoms with Crippen LogP contribution in [0.3, 0.4) is 0 Å². The lowest BCUT2D eigenvalue weighted by molar-refractivity contribution is -0.155. The van der Waals surface area contributed by atoms with E-state index in [1.807, 2.05) is 13.8 Å². The van der Waals surface area contributed by atoms with E-state index in [-0.39, 0.29) is 12.5 Å². The number of aliphatic hydroxyl groups excluding tert-OH is 1. The van der Waals surface area contributed by atoms with E-state index >= 15 is 0 Å². The zero-order valence-electron chi connectivity index (χ0n) is 20.4. The number of aliphatic hydroxyl groups is 1. The molecule has 9 heteroatoms. The number of hydrogen-bond acceptors (Lipinski definition) is 7. The van der Waals surface area contributed by atoms with Crippen molar-refractivity contribution in [2.75, 3.05) is 6.61 Å². The van der Waals surface area contributed by atoms with E-state index in [4.69, 9.17) is 19.0 Å². The molecule has 0 aromatic carbocycles. The summed E-state index contributed by atoms with van der Waals surface area (Å²) in [7, 11) is 0. The number of imide groups is 1. The van der Waals surface area contributed by atoms with Crippen LogP contribution < -0.4 is 0 Å². The predicted molar refractivity (Wildman–Crippen MR) is 125 cm³/mol. The summed E-state index contributed by atoms with van der Waals surface area (Å²) in [6.45, 7) is 10.5. The first-order valence-corrected chi connectivity index (χ1v) is 12.3. The lowest BCUT2D eigenvalue weighted by Gasteiger charge is -2.33. The van der Waals surface area contributed by atoms with Gasteiger partial charge in [0.1, 0.15) is 17.1 Å². The second kappa shape index (κ2) is 11.5. The van der Waals surface area contributed by atoms with Crippen molar-refractivity contribution in [1.29, 1.82) is 0 Å². The van der Waals surface area contributed by atoms with Crippen LogP contribution >= 0.6 is 15.9 Å². The summed E-state index contributed by atoms with van der Waals surface area (Å²) in [6, 6.07) is 1.27. The molecule has 0 bridgehead atoms. The van der Waals surface area contributed by atoms with Crippen molar-refractivity contribution < 1.29 is 33.4 Å². The van der Waals surface area contributed by atoms with E-state index in [2.05, 4.69) is 15.9 Å². The van der Waals surface area contributed by atoms with Gasteiger partial charge in [-0.2, -0.15) is 0 Å². The smallest absolute Gasteiger partial charge is 0.417 e. The SMILES string of the molecule is CC(=O)OC(c1cc(Br)c(CCCCCCO)o1)C(C)C(=O)N1C(=O)OC(C)(C)C1C(C)C. The van der Waals surface area contributed by atoms with Gasteiger partial charge in [-0.3, -0.25) is 9.59 Å². The molecule has 0 aliphatic carbocycles. The first-order chi connectivity index (χ1) is 15.4. The molecule has 1 aliphatic rings. The van der Waals surface area contributed by atoms with Gasteiger partial charge in [-0.15, -0.1) is 0 Å². The fourth-order valence-corrected chi connectivity index (χ4v) is 5.01. The molecule has 1 saturated heterocycles. The van der Waals surface area contributed by atoms with Gasteiger partial charge in [-0.1, -0.05) is 26.7 Å². The summed E-state index contributed by atoms with van der Waals surface area (Å²) in [5.41, 5.74) is -0.825. The molecule has 0 radical (unpaired) electrons. The first-order valence-electron chi connectivity index (χ1n) is 11.5. The number of cyclic esters (lactones) is 1. The number of esters is 1. The Hall–Kier alpha value is -1.87. The maximum Gasteiger partial charge on any atom is 0.417 e. The minimum atomic E-state index is -0.987. The Balaban J connectivity index is 2.26. The molecule has 2 heterocycles. The highest BCUT2D eigenvalue weighted by molar-refractivity contribution is 9.10. The fraction of sp³-hybridized carbons (Fsp3) is 0.708. The standard InChI is InChI=1S/C24H36BrNO7/c1-14(2)21-24(5,6)33-23(30)26(21)22(29)15(3)20(31-16(4)28)19-13-17(25)18(32-19)11-9-7-8-10-12-27/h13-15,20-21,27H,7-12H2,1-6H3. The highest BCUT2D eigenvalue weighted by Crippen LogP contribution is 2.39. The second-order valence-corrected chi connectivity index (χ2v) is 10.3. The Morgan fingerprint density at radius 3 is 2.42 bits per heavy atom. The number of hydrogen-bond donors (Lipinski definition) is 1. The van der Waals surface area contributed by atoms with Crippen molar-refractivity contribution in [2.45, 2.75) is 91.4 Å². The van der Waals surface area contributed by atoms with E-state index in [0.717, 1.165) is 35.1 Å². The maximum absolute atomic E-state index is 13.5. The van der Waals surface area contributed by atoms with Crippen LogP contribution in [0, 0.1) is 11.8 Å². The molecular formula is C24H36BrNO7. The number of nitrogens with zero attached hydrogens (tertiary/aromatic N) is 1. The highest BCUT2D eigenvalue weighted by atomic mass is 79.9. The van der Waals surface area contributed by atoms with Crippen LogP contribution in [0.2, 0.25) is 0 Å². The molecule has 0 spiro atoms. The molecule has 3 atom stereocenters. The van der Waals surface area contributed by atoms with Crippen molar-refractivity contribution in [3.63, 3.8) is 0 Å². The number of carbonyl (C=O) groups excluding carboxylic acids is 3. The lowest BCUT2D eigenvalue weighted by atomic mass is 9.88.